The van der Waals surface area contributed by atoms with E-state index in [9.17, 15) is 0 Å². The summed E-state index contributed by atoms with van der Waals surface area (Å²) in [6.45, 7) is 0. The predicted molar refractivity (Wildman–Crippen MR) is 81.1 cm³/mol. The lowest BCUT2D eigenvalue weighted by atomic mass is 10.00. The van der Waals surface area contributed by atoms with E-state index in [1.165, 1.54) is 25.7 Å². The molecule has 112 valence electrons. The summed E-state index contributed by atoms with van der Waals surface area (Å²) in [6.07, 6.45) is 7.40. The molecular formula is C16H21N3O2. The van der Waals surface area contributed by atoms with Crippen LogP contribution in [-0.2, 0) is 0 Å². The van der Waals surface area contributed by atoms with E-state index in [-0.39, 0.29) is 0 Å². The molecule has 1 aliphatic rings. The first-order chi connectivity index (χ1) is 10.3. The molecule has 1 aliphatic carbocycles. The van der Waals surface area contributed by atoms with Gasteiger partial charge in [-0.2, -0.15) is 4.98 Å². The standard InChI is InChI=1S/C16H21N3O2/c1-20-12-8-9-14(17)13(10-12)16-18-15(19-21-16)11-6-4-2-3-5-7-11/h8-11H,2-7,17H2,1H3. The molecule has 1 saturated carbocycles. The Morgan fingerprint density at radius 2 is 1.95 bits per heavy atom. The molecule has 1 aromatic carbocycles. The molecule has 0 atom stereocenters. The van der Waals surface area contributed by atoms with E-state index >= 15 is 0 Å². The first-order valence-corrected chi connectivity index (χ1v) is 7.55. The van der Waals surface area contributed by atoms with Crippen molar-refractivity contribution in [1.82, 2.24) is 10.1 Å². The van der Waals surface area contributed by atoms with Gasteiger partial charge < -0.3 is 15.0 Å². The van der Waals surface area contributed by atoms with Gasteiger partial charge in [0, 0.05) is 11.6 Å². The van der Waals surface area contributed by atoms with E-state index < -0.39 is 0 Å². The number of hydrogen-bond donors (Lipinski definition) is 1. The van der Waals surface area contributed by atoms with Crippen molar-refractivity contribution in [2.24, 2.45) is 0 Å². The van der Waals surface area contributed by atoms with Crippen LogP contribution in [0.15, 0.2) is 22.7 Å². The number of aromatic nitrogens is 2. The molecule has 1 fully saturated rings. The maximum Gasteiger partial charge on any atom is 0.260 e. The Kier molecular flexibility index (Phi) is 4.08. The van der Waals surface area contributed by atoms with E-state index in [1.807, 2.05) is 12.1 Å². The molecular weight excluding hydrogens is 266 g/mol. The van der Waals surface area contributed by atoms with Gasteiger partial charge in [-0.25, -0.2) is 0 Å². The zero-order chi connectivity index (χ0) is 14.7. The molecule has 0 amide bonds. The van der Waals surface area contributed by atoms with Gasteiger partial charge in [-0.05, 0) is 31.0 Å². The molecule has 0 saturated heterocycles. The molecule has 3 rings (SSSR count). The van der Waals surface area contributed by atoms with E-state index in [0.29, 0.717) is 17.5 Å². The highest BCUT2D eigenvalue weighted by molar-refractivity contribution is 5.72. The molecule has 0 bridgehead atoms. The average molecular weight is 287 g/mol. The lowest BCUT2D eigenvalue weighted by Gasteiger charge is -2.07. The molecule has 0 unspecified atom stereocenters. The predicted octanol–water partition coefficient (Wildman–Crippen LogP) is 3.77. The van der Waals surface area contributed by atoms with Gasteiger partial charge in [0.1, 0.15) is 5.75 Å². The van der Waals surface area contributed by atoms with Crippen molar-refractivity contribution >= 4 is 5.69 Å². The van der Waals surface area contributed by atoms with E-state index in [4.69, 9.17) is 15.0 Å². The van der Waals surface area contributed by atoms with Crippen LogP contribution >= 0.6 is 0 Å². The van der Waals surface area contributed by atoms with Gasteiger partial charge in [0.15, 0.2) is 5.82 Å². The summed E-state index contributed by atoms with van der Waals surface area (Å²) < 4.78 is 10.7. The number of ether oxygens (including phenoxy) is 1. The van der Waals surface area contributed by atoms with Crippen molar-refractivity contribution in [3.8, 4) is 17.2 Å². The van der Waals surface area contributed by atoms with Crippen LogP contribution in [0.5, 0.6) is 5.75 Å². The first kappa shape index (κ1) is 13.9. The molecule has 1 aromatic heterocycles. The molecule has 21 heavy (non-hydrogen) atoms. The second-order valence-corrected chi connectivity index (χ2v) is 5.60. The Morgan fingerprint density at radius 3 is 2.67 bits per heavy atom. The van der Waals surface area contributed by atoms with Crippen molar-refractivity contribution in [3.63, 3.8) is 0 Å². The minimum atomic E-state index is 0.414. The number of rotatable bonds is 3. The highest BCUT2D eigenvalue weighted by Gasteiger charge is 2.21. The molecule has 2 N–H and O–H groups in total. The van der Waals surface area contributed by atoms with Gasteiger partial charge >= 0.3 is 0 Å². The van der Waals surface area contributed by atoms with Crippen LogP contribution in [0.3, 0.4) is 0 Å². The van der Waals surface area contributed by atoms with Gasteiger partial charge in [-0.1, -0.05) is 30.8 Å². The van der Waals surface area contributed by atoms with Crippen molar-refractivity contribution in [2.45, 2.75) is 44.4 Å². The van der Waals surface area contributed by atoms with E-state index in [0.717, 1.165) is 30.0 Å². The van der Waals surface area contributed by atoms with Crippen LogP contribution < -0.4 is 10.5 Å². The van der Waals surface area contributed by atoms with Gasteiger partial charge in [0.2, 0.25) is 0 Å². The van der Waals surface area contributed by atoms with Gasteiger partial charge in [-0.15, -0.1) is 0 Å². The van der Waals surface area contributed by atoms with Crippen LogP contribution in [0.25, 0.3) is 11.5 Å². The maximum absolute atomic E-state index is 6.01. The molecule has 0 spiro atoms. The number of nitrogens with two attached hydrogens (primary N) is 1. The number of nitrogen functional groups attached to an aromatic ring is 1. The molecule has 5 heteroatoms. The van der Waals surface area contributed by atoms with Crippen LogP contribution in [0.1, 0.15) is 50.3 Å². The monoisotopic (exact) mass is 287 g/mol. The highest BCUT2D eigenvalue weighted by atomic mass is 16.5. The largest absolute Gasteiger partial charge is 0.497 e. The summed E-state index contributed by atoms with van der Waals surface area (Å²) in [6, 6.07) is 5.45. The second kappa shape index (κ2) is 6.16. The Bertz CT molecular complexity index is 601. The third-order valence-electron chi connectivity index (χ3n) is 4.15. The molecule has 0 aliphatic heterocycles. The molecule has 2 aromatic rings. The quantitative estimate of drug-likeness (QED) is 0.687. The minimum Gasteiger partial charge on any atom is -0.497 e. The maximum atomic E-state index is 6.01. The van der Waals surface area contributed by atoms with Crippen LogP contribution in [-0.4, -0.2) is 17.3 Å². The first-order valence-electron chi connectivity index (χ1n) is 7.55. The van der Waals surface area contributed by atoms with E-state index in [1.54, 1.807) is 13.2 Å². The van der Waals surface area contributed by atoms with Crippen molar-refractivity contribution < 1.29 is 9.26 Å². The van der Waals surface area contributed by atoms with Crippen molar-refractivity contribution in [2.75, 3.05) is 12.8 Å². The number of nitrogens with zero attached hydrogens (tertiary/aromatic N) is 2. The summed E-state index contributed by atoms with van der Waals surface area (Å²) >= 11 is 0. The van der Waals surface area contributed by atoms with Crippen LogP contribution in [0.2, 0.25) is 0 Å². The second-order valence-electron chi connectivity index (χ2n) is 5.60. The van der Waals surface area contributed by atoms with Crippen LogP contribution in [0.4, 0.5) is 5.69 Å². The molecule has 5 nitrogen and oxygen atoms in total. The normalized spacial score (nSPS) is 16.6. The minimum absolute atomic E-state index is 0.414. The molecule has 0 radical (unpaired) electrons. The van der Waals surface area contributed by atoms with Gasteiger partial charge in [0.05, 0.1) is 12.7 Å². The van der Waals surface area contributed by atoms with Gasteiger partial charge in [0.25, 0.3) is 5.89 Å². The number of hydrogen-bond acceptors (Lipinski definition) is 5. The number of benzene rings is 1. The fourth-order valence-corrected chi connectivity index (χ4v) is 2.90. The summed E-state index contributed by atoms with van der Waals surface area (Å²) in [7, 11) is 1.63. The lowest BCUT2D eigenvalue weighted by molar-refractivity contribution is 0.407. The zero-order valence-electron chi connectivity index (χ0n) is 12.3. The Morgan fingerprint density at radius 1 is 1.19 bits per heavy atom. The average Bonchev–Trinajstić information content (AvgIpc) is 2.83. The lowest BCUT2D eigenvalue weighted by Crippen LogP contribution is -1.99. The zero-order valence-corrected chi connectivity index (χ0v) is 12.3. The third-order valence-corrected chi connectivity index (χ3v) is 4.15. The number of anilines is 1. The fraction of sp³-hybridized carbons (Fsp3) is 0.500. The summed E-state index contributed by atoms with van der Waals surface area (Å²) in [5, 5.41) is 4.17. The smallest absolute Gasteiger partial charge is 0.260 e. The highest BCUT2D eigenvalue weighted by Crippen LogP contribution is 2.33. The fourth-order valence-electron chi connectivity index (χ4n) is 2.90. The Labute approximate surface area is 124 Å². The summed E-state index contributed by atoms with van der Waals surface area (Å²) in [5.41, 5.74) is 7.36. The van der Waals surface area contributed by atoms with Crippen LogP contribution in [0, 0.1) is 0 Å². The topological polar surface area (TPSA) is 74.2 Å². The SMILES string of the molecule is COc1ccc(N)c(-c2nc(C3CCCCCC3)no2)c1. The third kappa shape index (κ3) is 3.01. The molecule has 1 heterocycles. The summed E-state index contributed by atoms with van der Waals surface area (Å²) in [5.74, 6) is 2.44. The Balaban J connectivity index is 1.87. The Hall–Kier alpha value is -2.04. The van der Waals surface area contributed by atoms with Gasteiger partial charge in [-0.3, -0.25) is 0 Å². The van der Waals surface area contributed by atoms with Crippen molar-refractivity contribution in [1.29, 1.82) is 0 Å². The van der Waals surface area contributed by atoms with E-state index in [2.05, 4.69) is 10.1 Å². The summed E-state index contributed by atoms with van der Waals surface area (Å²) in [4.78, 5) is 4.57. The van der Waals surface area contributed by atoms with Crippen molar-refractivity contribution in [3.05, 3.63) is 24.0 Å². The number of methoxy groups -OCH3 is 1.